The highest BCUT2D eigenvalue weighted by atomic mass is 31.1. The van der Waals surface area contributed by atoms with Gasteiger partial charge in [-0.05, 0) is 49.3 Å². The molecule has 0 amide bonds. The monoisotopic (exact) mass is 451 g/mol. The molecular weight excluding hydrogens is 418 g/mol. The Labute approximate surface area is 177 Å². The summed E-state index contributed by atoms with van der Waals surface area (Å²) in [6.45, 7) is -0.262. The molecule has 1 fully saturated rings. The Morgan fingerprint density at radius 2 is 1.93 bits per heavy atom. The second-order valence-electron chi connectivity index (χ2n) is 8.25. The number of hydrogen-bond acceptors (Lipinski definition) is 5. The van der Waals surface area contributed by atoms with Crippen LogP contribution in [0.1, 0.15) is 62.5 Å². The maximum Gasteiger partial charge on any atom is 0.419 e. The van der Waals surface area contributed by atoms with Gasteiger partial charge in [0.1, 0.15) is 5.75 Å². The van der Waals surface area contributed by atoms with E-state index in [1.807, 2.05) is 0 Å². The van der Waals surface area contributed by atoms with Crippen LogP contribution in [0, 0.1) is 5.92 Å². The molecule has 2 atom stereocenters. The summed E-state index contributed by atoms with van der Waals surface area (Å²) in [4.78, 5) is 0. The smallest absolute Gasteiger partial charge is 0.419 e. The molecule has 0 bridgehead atoms. The van der Waals surface area contributed by atoms with Gasteiger partial charge in [0.15, 0.2) is 8.69 Å². The Bertz CT molecular complexity index is 668. The number of benzene rings is 1. The summed E-state index contributed by atoms with van der Waals surface area (Å²) in [5.74, 6) is 0.511. The Kier molecular flexibility index (Phi) is 10.1. The molecule has 2 unspecified atom stereocenters. The van der Waals surface area contributed by atoms with Gasteiger partial charge in [-0.3, -0.25) is 4.57 Å². The van der Waals surface area contributed by atoms with Crippen LogP contribution in [0.3, 0.4) is 0 Å². The van der Waals surface area contributed by atoms with Crippen LogP contribution in [0.4, 0.5) is 13.2 Å². The molecule has 30 heavy (non-hydrogen) atoms. The molecule has 0 aliphatic heterocycles. The van der Waals surface area contributed by atoms with Crippen molar-refractivity contribution in [3.63, 3.8) is 0 Å². The van der Waals surface area contributed by atoms with Crippen LogP contribution in [0.15, 0.2) is 18.2 Å². The second kappa shape index (κ2) is 12.1. The van der Waals surface area contributed by atoms with Crippen molar-refractivity contribution in [2.75, 3.05) is 19.8 Å². The molecule has 0 saturated heterocycles. The molecular formula is C21H33F3NO4P. The minimum atomic E-state index is -4.53. The number of aryl methyl sites for hydroxylation is 1. The van der Waals surface area contributed by atoms with Crippen molar-refractivity contribution >= 4 is 8.69 Å². The van der Waals surface area contributed by atoms with Crippen molar-refractivity contribution in [2.24, 2.45) is 11.7 Å². The van der Waals surface area contributed by atoms with Crippen LogP contribution in [-0.4, -0.2) is 30.5 Å². The Balaban J connectivity index is 1.96. The zero-order valence-corrected chi connectivity index (χ0v) is 18.4. The fourth-order valence-electron chi connectivity index (χ4n) is 3.90. The summed E-state index contributed by atoms with van der Waals surface area (Å²) >= 11 is 0. The van der Waals surface area contributed by atoms with Crippen LogP contribution in [0.25, 0.3) is 0 Å². The fourth-order valence-corrected chi connectivity index (χ4v) is 4.30. The average Bonchev–Trinajstić information content (AvgIpc) is 2.74. The summed E-state index contributed by atoms with van der Waals surface area (Å²) in [5.41, 5.74) is 4.47. The number of ether oxygens (including phenoxy) is 1. The van der Waals surface area contributed by atoms with E-state index in [0.717, 1.165) is 18.9 Å². The first kappa shape index (κ1) is 25.2. The average molecular weight is 451 g/mol. The molecule has 0 aromatic heterocycles. The SMILES string of the molecule is NC(CO)(CCc1ccc(OCCCC2CCCCC2)c(C(F)(F)F)c1)CO[PH2]=O. The number of halogens is 3. The van der Waals surface area contributed by atoms with Crippen molar-refractivity contribution in [1.82, 2.24) is 0 Å². The quantitative estimate of drug-likeness (QED) is 0.354. The molecule has 1 aromatic rings. The van der Waals surface area contributed by atoms with Gasteiger partial charge in [-0.25, -0.2) is 0 Å². The van der Waals surface area contributed by atoms with Crippen LogP contribution >= 0.6 is 8.69 Å². The van der Waals surface area contributed by atoms with Crippen molar-refractivity contribution in [3.05, 3.63) is 29.3 Å². The number of aliphatic hydroxyl groups is 1. The Hall–Kier alpha value is -1.08. The van der Waals surface area contributed by atoms with E-state index in [9.17, 15) is 22.8 Å². The lowest BCUT2D eigenvalue weighted by Gasteiger charge is -2.26. The molecule has 2 rings (SSSR count). The van der Waals surface area contributed by atoms with E-state index in [-0.39, 0.29) is 31.8 Å². The number of nitrogens with two attached hydrogens (primary N) is 1. The van der Waals surface area contributed by atoms with Gasteiger partial charge < -0.3 is 20.1 Å². The normalized spacial score (nSPS) is 18.0. The topological polar surface area (TPSA) is 81.8 Å². The predicted molar refractivity (Wildman–Crippen MR) is 111 cm³/mol. The zero-order chi connectivity index (χ0) is 22.0. The van der Waals surface area contributed by atoms with E-state index in [4.69, 9.17) is 15.0 Å². The molecule has 0 spiro atoms. The fraction of sp³-hybridized carbons (Fsp3) is 0.714. The third kappa shape index (κ3) is 8.22. The van der Waals surface area contributed by atoms with Crippen LogP contribution in [-0.2, 0) is 21.7 Å². The molecule has 172 valence electrons. The molecule has 1 saturated carbocycles. The third-order valence-corrected chi connectivity index (χ3v) is 6.06. The number of hydrogen-bond donors (Lipinski definition) is 2. The number of alkyl halides is 3. The van der Waals surface area contributed by atoms with Crippen molar-refractivity contribution in [3.8, 4) is 5.75 Å². The summed E-state index contributed by atoms with van der Waals surface area (Å²) in [6, 6.07) is 4.02. The first-order chi connectivity index (χ1) is 14.3. The second-order valence-corrected chi connectivity index (χ2v) is 8.78. The van der Waals surface area contributed by atoms with E-state index in [1.165, 1.54) is 38.2 Å². The van der Waals surface area contributed by atoms with Crippen molar-refractivity contribution in [1.29, 1.82) is 0 Å². The van der Waals surface area contributed by atoms with Gasteiger partial charge in [0, 0.05) is 0 Å². The molecule has 9 heteroatoms. The van der Waals surface area contributed by atoms with Gasteiger partial charge in [-0.15, -0.1) is 0 Å². The third-order valence-electron chi connectivity index (χ3n) is 5.75. The zero-order valence-electron chi connectivity index (χ0n) is 17.3. The van der Waals surface area contributed by atoms with Crippen molar-refractivity contribution < 1.29 is 32.1 Å². The highest BCUT2D eigenvalue weighted by Crippen LogP contribution is 2.37. The Morgan fingerprint density at radius 1 is 1.20 bits per heavy atom. The van der Waals surface area contributed by atoms with Gasteiger partial charge in [-0.1, -0.05) is 38.2 Å². The summed E-state index contributed by atoms with van der Waals surface area (Å²) in [5, 5.41) is 9.43. The molecule has 0 heterocycles. The first-order valence-corrected chi connectivity index (χ1v) is 11.5. The van der Waals surface area contributed by atoms with E-state index in [0.29, 0.717) is 11.5 Å². The maximum absolute atomic E-state index is 13.5. The molecule has 1 aliphatic carbocycles. The summed E-state index contributed by atoms with van der Waals surface area (Å²) in [7, 11) is -1.46. The van der Waals surface area contributed by atoms with E-state index in [1.54, 1.807) is 6.07 Å². The van der Waals surface area contributed by atoms with Gasteiger partial charge in [0.05, 0.1) is 30.9 Å². The predicted octanol–water partition coefficient (Wildman–Crippen LogP) is 4.76. The molecule has 1 aromatic carbocycles. The van der Waals surface area contributed by atoms with Crippen LogP contribution < -0.4 is 10.5 Å². The number of aliphatic hydroxyl groups excluding tert-OH is 1. The minimum absolute atomic E-state index is 0.114. The lowest BCUT2D eigenvalue weighted by atomic mass is 9.86. The van der Waals surface area contributed by atoms with E-state index >= 15 is 0 Å². The van der Waals surface area contributed by atoms with Crippen molar-refractivity contribution in [2.45, 2.75) is 69.5 Å². The highest BCUT2D eigenvalue weighted by molar-refractivity contribution is 7.17. The molecule has 5 nitrogen and oxygen atoms in total. The molecule has 1 aliphatic rings. The number of rotatable bonds is 12. The van der Waals surface area contributed by atoms with E-state index in [2.05, 4.69) is 0 Å². The van der Waals surface area contributed by atoms with Gasteiger partial charge in [0.2, 0.25) is 0 Å². The molecule has 0 radical (unpaired) electrons. The van der Waals surface area contributed by atoms with Crippen LogP contribution in [0.5, 0.6) is 5.75 Å². The highest BCUT2D eigenvalue weighted by Gasteiger charge is 2.35. The minimum Gasteiger partial charge on any atom is -0.493 e. The first-order valence-electron chi connectivity index (χ1n) is 10.6. The van der Waals surface area contributed by atoms with E-state index < -0.39 is 32.6 Å². The largest absolute Gasteiger partial charge is 0.493 e. The summed E-state index contributed by atoms with van der Waals surface area (Å²) < 4.78 is 61.5. The van der Waals surface area contributed by atoms with Gasteiger partial charge in [-0.2, -0.15) is 13.2 Å². The maximum atomic E-state index is 13.5. The molecule has 3 N–H and O–H groups in total. The van der Waals surface area contributed by atoms with Gasteiger partial charge in [0.25, 0.3) is 0 Å². The lowest BCUT2D eigenvalue weighted by molar-refractivity contribution is -0.139. The summed E-state index contributed by atoms with van der Waals surface area (Å²) in [6.07, 6.45) is 3.82. The standard InChI is InChI=1S/C21H33F3NO4P/c22-21(23,24)18-13-17(10-11-20(25,14-26)15-29-30-27)8-9-19(18)28-12-4-7-16-5-2-1-3-6-16/h8-9,13,16,26H,1-7,10-12,14-15,25,30H2. The van der Waals surface area contributed by atoms with Crippen LogP contribution in [0.2, 0.25) is 0 Å². The Morgan fingerprint density at radius 3 is 2.57 bits per heavy atom. The van der Waals surface area contributed by atoms with Gasteiger partial charge >= 0.3 is 6.18 Å². The lowest BCUT2D eigenvalue weighted by Crippen LogP contribution is -2.47.